The minimum absolute atomic E-state index is 1.25. The van der Waals surface area contributed by atoms with Crippen molar-refractivity contribution in [3.63, 3.8) is 0 Å². The molecule has 0 unspecified atom stereocenters. The molecule has 0 atom stereocenters. The average Bonchev–Trinajstić information content (AvgIpc) is 1.46. The molecule has 0 bridgehead atoms. The van der Waals surface area contributed by atoms with Gasteiger partial charge in [0.05, 0.1) is 0 Å². The van der Waals surface area contributed by atoms with Crippen LogP contribution >= 0.6 is 0 Å². The Balaban J connectivity index is 0. The molecule has 0 aromatic carbocycles. The lowest BCUT2D eigenvalue weighted by molar-refractivity contribution is -0.317. The molecule has 0 rings (SSSR count). The van der Waals surface area contributed by atoms with Crippen LogP contribution in [-0.2, 0) is 5.15 Å². The maximum absolute atomic E-state index is 9.12. The second-order valence-corrected chi connectivity index (χ2v) is 0.0583. The van der Waals surface area contributed by atoms with Crippen molar-refractivity contribution in [3.8, 4) is 0 Å². The molecule has 0 aliphatic rings. The molecule has 0 heterocycles. The fourth-order valence-corrected chi connectivity index (χ4v) is 0. The summed E-state index contributed by atoms with van der Waals surface area (Å²) in [4.78, 5) is 0. The number of hydrogen-bond acceptors (Lipinski definition) is 1. The van der Waals surface area contributed by atoms with E-state index >= 15 is 0 Å². The van der Waals surface area contributed by atoms with Gasteiger partial charge in [0.25, 0.3) is 0 Å². The van der Waals surface area contributed by atoms with Gasteiger partial charge < -0.3 is 0 Å². The Bertz CT molecular complexity index is 7.61. The van der Waals surface area contributed by atoms with E-state index in [1.165, 1.54) is 24.7 Å². The molecule has 34 valence electrons. The van der Waals surface area contributed by atoms with Gasteiger partial charge in [-0.25, -0.2) is 0 Å². The number of hydrogen-bond donors (Lipinski definition) is 0. The standard InChI is InChI=1S/F2O.H6Si2/c1-3-2;1-2/h;1-2H3. The highest BCUT2D eigenvalue weighted by Crippen LogP contribution is 1.61. The predicted octanol–water partition coefficient (Wildman–Crippen LogP) is -1.60. The smallest absolute Gasteiger partial charge is 0.0125 e. The van der Waals surface area contributed by atoms with E-state index in [9.17, 15) is 0 Å². The van der Waals surface area contributed by atoms with Gasteiger partial charge in [-0.2, -0.15) is 0 Å². The summed E-state index contributed by atoms with van der Waals surface area (Å²) in [6, 6.07) is 0. The first-order valence-corrected chi connectivity index (χ1v) is 9.31. The van der Waals surface area contributed by atoms with E-state index in [4.69, 9.17) is 9.05 Å². The third kappa shape index (κ3) is 336. The molecule has 0 saturated heterocycles. The lowest BCUT2D eigenvalue weighted by atomic mass is 15.4. The molecule has 0 fully saturated rings. The molecule has 1 nitrogen and oxygen atoms in total. The summed E-state index contributed by atoms with van der Waals surface area (Å²) in [6.07, 6.45) is 0. The van der Waals surface area contributed by atoms with E-state index in [-0.39, 0.29) is 0 Å². The van der Waals surface area contributed by atoms with Crippen molar-refractivity contribution in [2.45, 2.75) is 0 Å². The second kappa shape index (κ2) is 28.6. The molecule has 0 aliphatic heterocycles. The number of rotatable bonds is 0. The van der Waals surface area contributed by atoms with Gasteiger partial charge in [-0.3, -0.25) is 0 Å². The molecule has 0 radical (unpaired) electrons. The molecule has 0 aromatic heterocycles. The maximum Gasteiger partial charge on any atom is 0.0209 e. The second-order valence-electron chi connectivity index (χ2n) is 0.0583. The van der Waals surface area contributed by atoms with Crippen LogP contribution in [0.4, 0.5) is 9.05 Å². The molecule has 0 aromatic rings. The van der Waals surface area contributed by atoms with Gasteiger partial charge in [-0.15, -0.1) is 0 Å². The van der Waals surface area contributed by atoms with E-state index in [0.29, 0.717) is 0 Å². The van der Waals surface area contributed by atoms with Gasteiger partial charge in [0.2, 0.25) is 0 Å². The zero-order valence-electron chi connectivity index (χ0n) is 3.16. The van der Waals surface area contributed by atoms with Gasteiger partial charge in [-0.05, 0) is 28.6 Å². The monoisotopic (exact) mass is 116 g/mol. The largest absolute Gasteiger partial charge is 0.0209 e. The van der Waals surface area contributed by atoms with Crippen LogP contribution in [0.2, 0.25) is 0 Å². The first-order valence-electron chi connectivity index (χ1n) is 1.31. The summed E-state index contributed by atoms with van der Waals surface area (Å²) in [7, 11) is 2.89. The van der Waals surface area contributed by atoms with Gasteiger partial charge >= 0.3 is 0 Å². The lowest BCUT2D eigenvalue weighted by Crippen LogP contribution is -1.38. The summed E-state index contributed by atoms with van der Waals surface area (Å²) in [6.45, 7) is 0. The van der Waals surface area contributed by atoms with Crippen LogP contribution in [0.1, 0.15) is 0 Å². The Labute approximate surface area is 34.8 Å². The Hall–Kier alpha value is 0.254. The fraction of sp³-hybridized carbons (Fsp3) is 0. The highest BCUT2D eigenvalue weighted by Gasteiger charge is 1.42. The average molecular weight is 116 g/mol. The Morgan fingerprint density at radius 3 is 1.20 bits per heavy atom. The molecular weight excluding hydrogens is 110 g/mol. The van der Waals surface area contributed by atoms with E-state index in [0.717, 1.165) is 0 Å². The normalized spacial score (nSPS) is 6.00. The van der Waals surface area contributed by atoms with Gasteiger partial charge in [0.15, 0.2) is 0 Å². The van der Waals surface area contributed by atoms with Crippen molar-refractivity contribution in [3.05, 3.63) is 0 Å². The zero-order chi connectivity index (χ0) is 4.71. The highest BCUT2D eigenvalue weighted by atomic mass is 29.1. The summed E-state index contributed by atoms with van der Waals surface area (Å²) >= 11 is 0. The maximum atomic E-state index is 9.12. The van der Waals surface area contributed by atoms with E-state index in [1.807, 2.05) is 0 Å². The zero-order valence-corrected chi connectivity index (χ0v) is 7.16. The van der Waals surface area contributed by atoms with Crippen LogP contribution in [0.15, 0.2) is 0 Å². The van der Waals surface area contributed by atoms with Crippen LogP contribution in [0.25, 0.3) is 0 Å². The Morgan fingerprint density at radius 1 is 1.20 bits per heavy atom. The lowest BCUT2D eigenvalue weighted by Gasteiger charge is -1.41. The fourth-order valence-electron chi connectivity index (χ4n) is 0. The minimum atomic E-state index is 1.25. The predicted molar refractivity (Wildman–Crippen MR) is 23.2 cm³/mol. The van der Waals surface area contributed by atoms with Crippen molar-refractivity contribution < 1.29 is 14.2 Å². The molecular formula is H6F2OSi2. The van der Waals surface area contributed by atoms with E-state index in [1.54, 1.807) is 0 Å². The molecule has 0 N–H and O–H groups in total. The highest BCUT2D eigenvalue weighted by molar-refractivity contribution is 6.75. The topological polar surface area (TPSA) is 9.23 Å². The van der Waals surface area contributed by atoms with E-state index < -0.39 is 0 Å². The summed E-state index contributed by atoms with van der Waals surface area (Å²) in [5, 5.41) is 1.25. The molecule has 5 heteroatoms. The molecule has 0 spiro atoms. The Morgan fingerprint density at radius 2 is 1.20 bits per heavy atom. The third-order valence-corrected chi connectivity index (χ3v) is 0. The quantitative estimate of drug-likeness (QED) is 0.347. The molecule has 0 amide bonds. The summed E-state index contributed by atoms with van der Waals surface area (Å²) in [5.41, 5.74) is 0. The van der Waals surface area contributed by atoms with Gasteiger partial charge in [-0.1, -0.05) is 0 Å². The Kier molecular flexibility index (Phi) is 51.5. The number of halogens is 2. The first-order chi connectivity index (χ1) is 2.41. The van der Waals surface area contributed by atoms with Crippen molar-refractivity contribution in [1.29, 1.82) is 0 Å². The van der Waals surface area contributed by atoms with Crippen LogP contribution in [0, 0.1) is 0 Å². The van der Waals surface area contributed by atoms with E-state index in [2.05, 4.69) is 0 Å². The van der Waals surface area contributed by atoms with Crippen molar-refractivity contribution in [2.75, 3.05) is 0 Å². The molecule has 0 saturated carbocycles. The van der Waals surface area contributed by atoms with Gasteiger partial charge in [0, 0.05) is 5.15 Å². The van der Waals surface area contributed by atoms with Gasteiger partial charge in [0.1, 0.15) is 0 Å². The first kappa shape index (κ1) is 8.98. The minimum Gasteiger partial charge on any atom is -0.0125 e. The van der Waals surface area contributed by atoms with Crippen LogP contribution in [-0.4, -0.2) is 19.5 Å². The van der Waals surface area contributed by atoms with Crippen molar-refractivity contribution in [2.24, 2.45) is 0 Å². The molecule has 5 heavy (non-hydrogen) atoms. The summed E-state index contributed by atoms with van der Waals surface area (Å²) in [5.74, 6) is 0. The third-order valence-electron chi connectivity index (χ3n) is 0. The SMILES string of the molecule is FOF.[SiH3][SiH3]. The molecule has 0 aliphatic carbocycles. The van der Waals surface area contributed by atoms with Crippen LogP contribution < -0.4 is 0 Å². The van der Waals surface area contributed by atoms with Crippen molar-refractivity contribution >= 4 is 19.5 Å². The van der Waals surface area contributed by atoms with Crippen LogP contribution in [0.5, 0.6) is 0 Å². The van der Waals surface area contributed by atoms with Crippen molar-refractivity contribution in [1.82, 2.24) is 0 Å². The summed E-state index contributed by atoms with van der Waals surface area (Å²) < 4.78 is 18.2. The van der Waals surface area contributed by atoms with Crippen LogP contribution in [0.3, 0.4) is 0 Å².